The Morgan fingerprint density at radius 2 is 2.05 bits per heavy atom. The van der Waals surface area contributed by atoms with Crippen LogP contribution in [0.4, 0.5) is 5.95 Å². The highest BCUT2D eigenvalue weighted by Gasteiger charge is 2.21. The summed E-state index contributed by atoms with van der Waals surface area (Å²) in [5, 5.41) is 0. The summed E-state index contributed by atoms with van der Waals surface area (Å²) in [6, 6.07) is 3.68. The first-order valence-electron chi connectivity index (χ1n) is 6.77. The van der Waals surface area contributed by atoms with E-state index in [4.69, 9.17) is 14.9 Å². The molecule has 106 valence electrons. The van der Waals surface area contributed by atoms with Crippen molar-refractivity contribution in [2.45, 2.75) is 38.2 Å². The van der Waals surface area contributed by atoms with Crippen LogP contribution >= 0.6 is 22.6 Å². The lowest BCUT2D eigenvalue weighted by Gasteiger charge is -2.23. The molecule has 1 saturated carbocycles. The van der Waals surface area contributed by atoms with Gasteiger partial charge in [0, 0.05) is 0 Å². The molecular formula is C14H16IN3O2. The molecule has 0 spiro atoms. The number of rotatable bonds is 3. The van der Waals surface area contributed by atoms with Gasteiger partial charge in [0.2, 0.25) is 11.8 Å². The third kappa shape index (κ3) is 2.89. The van der Waals surface area contributed by atoms with Crippen molar-refractivity contribution < 1.29 is 9.15 Å². The monoisotopic (exact) mass is 385 g/mol. The van der Waals surface area contributed by atoms with Crippen LogP contribution in [0.1, 0.15) is 32.1 Å². The number of anilines is 1. The van der Waals surface area contributed by atoms with Crippen LogP contribution in [0.2, 0.25) is 0 Å². The molecule has 0 amide bonds. The maximum atomic E-state index is 6.03. The van der Waals surface area contributed by atoms with E-state index in [1.165, 1.54) is 19.3 Å². The molecule has 0 aliphatic heterocycles. The van der Waals surface area contributed by atoms with Crippen LogP contribution in [0.15, 0.2) is 22.8 Å². The maximum Gasteiger partial charge on any atom is 0.233 e. The molecule has 0 saturated heterocycles. The number of furan rings is 1. The van der Waals surface area contributed by atoms with Gasteiger partial charge in [-0.05, 0) is 60.4 Å². The van der Waals surface area contributed by atoms with Gasteiger partial charge in [0.15, 0.2) is 5.76 Å². The Hall–Kier alpha value is -1.31. The first kappa shape index (κ1) is 13.7. The number of aromatic nitrogens is 2. The molecular weight excluding hydrogens is 369 g/mol. The highest BCUT2D eigenvalue weighted by molar-refractivity contribution is 14.1. The van der Waals surface area contributed by atoms with Gasteiger partial charge in [-0.25, -0.2) is 4.98 Å². The van der Waals surface area contributed by atoms with Gasteiger partial charge in [-0.1, -0.05) is 6.42 Å². The molecule has 20 heavy (non-hydrogen) atoms. The Bertz CT molecular complexity index is 580. The first-order chi connectivity index (χ1) is 9.74. The molecule has 0 aromatic carbocycles. The summed E-state index contributed by atoms with van der Waals surface area (Å²) in [7, 11) is 0. The van der Waals surface area contributed by atoms with Gasteiger partial charge in [0.25, 0.3) is 0 Å². The van der Waals surface area contributed by atoms with Gasteiger partial charge in [-0.3, -0.25) is 0 Å². The number of nitrogen functional groups attached to an aromatic ring is 1. The van der Waals surface area contributed by atoms with Crippen LogP contribution in [0, 0.1) is 3.57 Å². The smallest absolute Gasteiger partial charge is 0.233 e. The lowest BCUT2D eigenvalue weighted by Crippen LogP contribution is -2.21. The second kappa shape index (κ2) is 5.99. The third-order valence-corrected chi connectivity index (χ3v) is 4.40. The van der Waals surface area contributed by atoms with Gasteiger partial charge < -0.3 is 14.9 Å². The van der Waals surface area contributed by atoms with E-state index in [9.17, 15) is 0 Å². The van der Waals surface area contributed by atoms with Gasteiger partial charge in [-0.2, -0.15) is 4.98 Å². The van der Waals surface area contributed by atoms with Crippen molar-refractivity contribution in [1.82, 2.24) is 9.97 Å². The second-order valence-corrected chi connectivity index (χ2v) is 5.98. The Morgan fingerprint density at radius 1 is 1.25 bits per heavy atom. The van der Waals surface area contributed by atoms with Crippen LogP contribution in [-0.2, 0) is 0 Å². The molecule has 1 aliphatic carbocycles. The highest BCUT2D eigenvalue weighted by Crippen LogP contribution is 2.32. The molecule has 2 aromatic heterocycles. The third-order valence-electron chi connectivity index (χ3n) is 3.42. The van der Waals surface area contributed by atoms with E-state index >= 15 is 0 Å². The molecule has 0 bridgehead atoms. The lowest BCUT2D eigenvalue weighted by molar-refractivity contribution is 0.147. The molecule has 6 heteroatoms. The first-order valence-corrected chi connectivity index (χ1v) is 7.85. The fraction of sp³-hybridized carbons (Fsp3) is 0.429. The second-order valence-electron chi connectivity index (χ2n) is 4.90. The van der Waals surface area contributed by atoms with Crippen LogP contribution in [0.5, 0.6) is 5.88 Å². The summed E-state index contributed by atoms with van der Waals surface area (Å²) < 4.78 is 12.3. The predicted octanol–water partition coefficient (Wildman–Crippen LogP) is 3.63. The Labute approximate surface area is 131 Å². The average molecular weight is 385 g/mol. The fourth-order valence-electron chi connectivity index (χ4n) is 2.44. The zero-order valence-electron chi connectivity index (χ0n) is 11.0. The molecule has 0 radical (unpaired) electrons. The van der Waals surface area contributed by atoms with Crippen molar-refractivity contribution in [1.29, 1.82) is 0 Å². The zero-order chi connectivity index (χ0) is 13.9. The molecule has 3 rings (SSSR count). The number of hydrogen-bond donors (Lipinski definition) is 1. The van der Waals surface area contributed by atoms with Crippen LogP contribution in [0.3, 0.4) is 0 Å². The topological polar surface area (TPSA) is 74.2 Å². The molecule has 2 aromatic rings. The lowest BCUT2D eigenvalue weighted by atomic mass is 9.98. The summed E-state index contributed by atoms with van der Waals surface area (Å²) >= 11 is 2.19. The number of nitrogens with two attached hydrogens (primary N) is 1. The van der Waals surface area contributed by atoms with E-state index in [1.807, 2.05) is 12.1 Å². The molecule has 2 heterocycles. The SMILES string of the molecule is Nc1nc(OC2CCCCC2)c(I)c(-c2ccco2)n1. The largest absolute Gasteiger partial charge is 0.473 e. The molecule has 5 nitrogen and oxygen atoms in total. The predicted molar refractivity (Wildman–Crippen MR) is 84.4 cm³/mol. The normalized spacial score (nSPS) is 16.2. The van der Waals surface area contributed by atoms with Crippen molar-refractivity contribution in [2.75, 3.05) is 5.73 Å². The minimum absolute atomic E-state index is 0.211. The zero-order valence-corrected chi connectivity index (χ0v) is 13.2. The molecule has 1 aliphatic rings. The number of ether oxygens (including phenoxy) is 1. The summed E-state index contributed by atoms with van der Waals surface area (Å²) in [4.78, 5) is 8.49. The van der Waals surface area contributed by atoms with Crippen molar-refractivity contribution in [3.63, 3.8) is 0 Å². The molecule has 0 unspecified atom stereocenters. The van der Waals surface area contributed by atoms with E-state index in [0.717, 1.165) is 16.4 Å². The number of hydrogen-bond acceptors (Lipinski definition) is 5. The number of halogens is 1. The average Bonchev–Trinajstić information content (AvgIpc) is 2.97. The number of nitrogens with zero attached hydrogens (tertiary/aromatic N) is 2. The molecule has 2 N–H and O–H groups in total. The summed E-state index contributed by atoms with van der Waals surface area (Å²) in [6.07, 6.45) is 7.73. The van der Waals surface area contributed by atoms with Crippen LogP contribution in [-0.4, -0.2) is 16.1 Å². The van der Waals surface area contributed by atoms with Crippen molar-refractivity contribution in [2.24, 2.45) is 0 Å². The van der Waals surface area contributed by atoms with Gasteiger partial charge in [0.05, 0.1) is 6.26 Å². The molecule has 1 fully saturated rings. The Balaban J connectivity index is 1.90. The standard InChI is InChI=1S/C14H16IN3O2/c15-11-12(10-7-4-8-19-10)17-14(16)18-13(11)20-9-5-2-1-3-6-9/h4,7-9H,1-3,5-6H2,(H2,16,17,18). The van der Waals surface area contributed by atoms with Gasteiger partial charge in [0.1, 0.15) is 15.4 Å². The summed E-state index contributed by atoms with van der Waals surface area (Å²) in [6.45, 7) is 0. The Kier molecular flexibility index (Phi) is 4.09. The van der Waals surface area contributed by atoms with Crippen molar-refractivity contribution in [3.8, 4) is 17.3 Å². The summed E-state index contributed by atoms with van der Waals surface area (Å²) in [5.74, 6) is 1.45. The van der Waals surface area contributed by atoms with Crippen molar-refractivity contribution >= 4 is 28.5 Å². The highest BCUT2D eigenvalue weighted by atomic mass is 127. The quantitative estimate of drug-likeness (QED) is 0.817. The van der Waals surface area contributed by atoms with E-state index in [1.54, 1.807) is 6.26 Å². The minimum atomic E-state index is 0.211. The van der Waals surface area contributed by atoms with E-state index in [-0.39, 0.29) is 12.1 Å². The van der Waals surface area contributed by atoms with E-state index in [2.05, 4.69) is 32.6 Å². The van der Waals surface area contributed by atoms with Crippen molar-refractivity contribution in [3.05, 3.63) is 22.0 Å². The fourth-order valence-corrected chi connectivity index (χ4v) is 3.07. The van der Waals surface area contributed by atoms with Crippen LogP contribution in [0.25, 0.3) is 11.5 Å². The molecule has 0 atom stereocenters. The maximum absolute atomic E-state index is 6.03. The van der Waals surface area contributed by atoms with Gasteiger partial charge >= 0.3 is 0 Å². The Morgan fingerprint density at radius 3 is 2.75 bits per heavy atom. The van der Waals surface area contributed by atoms with Crippen LogP contribution < -0.4 is 10.5 Å². The minimum Gasteiger partial charge on any atom is -0.473 e. The summed E-state index contributed by atoms with van der Waals surface area (Å²) in [5.41, 5.74) is 6.48. The van der Waals surface area contributed by atoms with E-state index in [0.29, 0.717) is 17.3 Å². The van der Waals surface area contributed by atoms with Gasteiger partial charge in [-0.15, -0.1) is 0 Å². The van der Waals surface area contributed by atoms with E-state index < -0.39 is 0 Å².